The molecule has 2 rings (SSSR count). The van der Waals surface area contributed by atoms with Crippen LogP contribution in [0.1, 0.15) is 11.3 Å². The Morgan fingerprint density at radius 3 is 3.07 bits per heavy atom. The highest BCUT2D eigenvalue weighted by molar-refractivity contribution is 9.10. The van der Waals surface area contributed by atoms with Gasteiger partial charge in [-0.25, -0.2) is 0 Å². The molecule has 0 saturated carbocycles. The van der Waals surface area contributed by atoms with Crippen LogP contribution in [0.25, 0.3) is 0 Å². The summed E-state index contributed by atoms with van der Waals surface area (Å²) in [6, 6.07) is 2.10. The maximum atomic E-state index is 9.03. The van der Waals surface area contributed by atoms with Crippen molar-refractivity contribution in [2.24, 2.45) is 5.92 Å². The van der Waals surface area contributed by atoms with Crippen LogP contribution in [-0.2, 0) is 6.54 Å². The van der Waals surface area contributed by atoms with E-state index in [1.165, 1.54) is 9.35 Å². The molecule has 1 unspecified atom stereocenters. The fraction of sp³-hybridized carbons (Fsp3) is 0.600. The molecule has 1 aliphatic rings. The van der Waals surface area contributed by atoms with Gasteiger partial charge >= 0.3 is 0 Å². The molecule has 0 spiro atoms. The number of likely N-dealkylation sites (tertiary alicyclic amines) is 1. The van der Waals surface area contributed by atoms with Gasteiger partial charge < -0.3 is 5.11 Å². The lowest BCUT2D eigenvalue weighted by molar-refractivity contribution is 0.220. The summed E-state index contributed by atoms with van der Waals surface area (Å²) >= 11 is 5.33. The van der Waals surface area contributed by atoms with E-state index in [0.29, 0.717) is 12.5 Å². The van der Waals surface area contributed by atoms with Crippen LogP contribution in [0, 0.1) is 5.92 Å². The lowest BCUT2D eigenvalue weighted by Crippen LogP contribution is -2.20. The minimum atomic E-state index is 0.335. The zero-order valence-corrected chi connectivity index (χ0v) is 10.4. The number of thiophene rings is 1. The Morgan fingerprint density at radius 2 is 2.50 bits per heavy atom. The van der Waals surface area contributed by atoms with Crippen LogP contribution < -0.4 is 0 Å². The molecule has 78 valence electrons. The molecule has 1 N–H and O–H groups in total. The van der Waals surface area contributed by atoms with Gasteiger partial charge in [-0.2, -0.15) is 0 Å². The van der Waals surface area contributed by atoms with Crippen molar-refractivity contribution in [3.8, 4) is 0 Å². The molecule has 2 heterocycles. The third-order valence-corrected chi connectivity index (χ3v) is 4.60. The summed E-state index contributed by atoms with van der Waals surface area (Å²) in [6.07, 6.45) is 1.14. The predicted molar refractivity (Wildman–Crippen MR) is 62.5 cm³/mol. The highest BCUT2D eigenvalue weighted by Crippen LogP contribution is 2.26. The van der Waals surface area contributed by atoms with Gasteiger partial charge in [0, 0.05) is 29.0 Å². The van der Waals surface area contributed by atoms with Gasteiger partial charge in [0.05, 0.1) is 0 Å². The summed E-state index contributed by atoms with van der Waals surface area (Å²) in [5, 5.41) is 11.1. The van der Waals surface area contributed by atoms with E-state index < -0.39 is 0 Å². The van der Waals surface area contributed by atoms with Crippen molar-refractivity contribution in [1.29, 1.82) is 0 Å². The summed E-state index contributed by atoms with van der Waals surface area (Å²) in [5.41, 5.74) is 0. The van der Waals surface area contributed by atoms with Crippen LogP contribution in [0.5, 0.6) is 0 Å². The number of aliphatic hydroxyl groups excluding tert-OH is 1. The molecule has 0 amide bonds. The molecule has 4 heteroatoms. The topological polar surface area (TPSA) is 23.5 Å². The van der Waals surface area contributed by atoms with E-state index in [1.807, 2.05) is 0 Å². The van der Waals surface area contributed by atoms with Gasteiger partial charge in [0.25, 0.3) is 0 Å². The molecule has 2 nitrogen and oxygen atoms in total. The number of hydrogen-bond acceptors (Lipinski definition) is 3. The number of hydrogen-bond donors (Lipinski definition) is 1. The van der Waals surface area contributed by atoms with Crippen molar-refractivity contribution < 1.29 is 5.11 Å². The van der Waals surface area contributed by atoms with E-state index in [9.17, 15) is 0 Å². The summed E-state index contributed by atoms with van der Waals surface area (Å²) < 4.78 is 1.22. The molecule has 1 saturated heterocycles. The summed E-state index contributed by atoms with van der Waals surface area (Å²) in [4.78, 5) is 3.81. The van der Waals surface area contributed by atoms with Crippen molar-refractivity contribution in [3.05, 3.63) is 20.8 Å². The number of halogens is 1. The van der Waals surface area contributed by atoms with Gasteiger partial charge in [0.2, 0.25) is 0 Å². The first-order valence-corrected chi connectivity index (χ1v) is 6.52. The first kappa shape index (κ1) is 10.6. The highest BCUT2D eigenvalue weighted by Gasteiger charge is 2.22. The molecule has 1 fully saturated rings. The average molecular weight is 276 g/mol. The Morgan fingerprint density at radius 1 is 1.64 bits per heavy atom. The van der Waals surface area contributed by atoms with Gasteiger partial charge in [-0.3, -0.25) is 4.90 Å². The standard InChI is InChI=1S/C10H14BrNOS/c11-9-2-4-14-10(9)6-12-3-1-8(5-12)7-13/h2,4,8,13H,1,3,5-7H2. The molecular formula is C10H14BrNOS. The van der Waals surface area contributed by atoms with Gasteiger partial charge in [-0.15, -0.1) is 11.3 Å². The van der Waals surface area contributed by atoms with Gasteiger partial charge in [-0.1, -0.05) is 0 Å². The van der Waals surface area contributed by atoms with Crippen LogP contribution in [0.2, 0.25) is 0 Å². The Balaban J connectivity index is 1.90. The van der Waals surface area contributed by atoms with Crippen molar-refractivity contribution in [1.82, 2.24) is 4.90 Å². The molecular weight excluding hydrogens is 262 g/mol. The van der Waals surface area contributed by atoms with Crippen molar-refractivity contribution in [2.75, 3.05) is 19.7 Å². The van der Waals surface area contributed by atoms with Gasteiger partial charge in [-0.05, 0) is 46.3 Å². The van der Waals surface area contributed by atoms with Crippen LogP contribution >= 0.6 is 27.3 Å². The van der Waals surface area contributed by atoms with Crippen molar-refractivity contribution in [3.63, 3.8) is 0 Å². The second-order valence-corrected chi connectivity index (χ2v) is 5.62. The summed E-state index contributed by atoms with van der Waals surface area (Å²) in [5.74, 6) is 0.494. The van der Waals surface area contributed by atoms with E-state index in [4.69, 9.17) is 5.11 Å². The molecule has 1 aliphatic heterocycles. The minimum absolute atomic E-state index is 0.335. The fourth-order valence-corrected chi connectivity index (χ4v) is 3.37. The number of aliphatic hydroxyl groups is 1. The fourth-order valence-electron chi connectivity index (χ4n) is 1.85. The molecule has 1 aromatic heterocycles. The van der Waals surface area contributed by atoms with Gasteiger partial charge in [0.1, 0.15) is 0 Å². The SMILES string of the molecule is OCC1CCN(Cc2sccc2Br)C1. The second kappa shape index (κ2) is 4.75. The quantitative estimate of drug-likeness (QED) is 0.916. The Kier molecular flexibility index (Phi) is 3.60. The molecule has 0 aromatic carbocycles. The maximum Gasteiger partial charge on any atom is 0.0471 e. The van der Waals surface area contributed by atoms with E-state index in [2.05, 4.69) is 32.3 Å². The molecule has 0 aliphatic carbocycles. The van der Waals surface area contributed by atoms with E-state index in [1.54, 1.807) is 11.3 Å². The number of nitrogens with zero attached hydrogens (tertiary/aromatic N) is 1. The molecule has 0 radical (unpaired) electrons. The third-order valence-electron chi connectivity index (χ3n) is 2.69. The van der Waals surface area contributed by atoms with E-state index in [0.717, 1.165) is 26.1 Å². The lowest BCUT2D eigenvalue weighted by Gasteiger charge is -2.14. The van der Waals surface area contributed by atoms with Crippen LogP contribution in [0.15, 0.2) is 15.9 Å². The van der Waals surface area contributed by atoms with Crippen LogP contribution in [0.3, 0.4) is 0 Å². The largest absolute Gasteiger partial charge is 0.396 e. The highest BCUT2D eigenvalue weighted by atomic mass is 79.9. The molecule has 1 aromatic rings. The smallest absolute Gasteiger partial charge is 0.0471 e. The zero-order valence-electron chi connectivity index (χ0n) is 7.95. The van der Waals surface area contributed by atoms with Crippen LogP contribution in [0.4, 0.5) is 0 Å². The summed E-state index contributed by atoms with van der Waals surface area (Å²) in [7, 11) is 0. The minimum Gasteiger partial charge on any atom is -0.396 e. The summed E-state index contributed by atoms with van der Waals surface area (Å²) in [6.45, 7) is 3.52. The Bertz CT molecular complexity index is 302. The van der Waals surface area contributed by atoms with Gasteiger partial charge in [0.15, 0.2) is 0 Å². The monoisotopic (exact) mass is 275 g/mol. The molecule has 1 atom stereocenters. The zero-order chi connectivity index (χ0) is 9.97. The maximum absolute atomic E-state index is 9.03. The van der Waals surface area contributed by atoms with E-state index >= 15 is 0 Å². The Hall–Kier alpha value is 0.100. The van der Waals surface area contributed by atoms with Crippen molar-refractivity contribution in [2.45, 2.75) is 13.0 Å². The Labute approximate surface area is 96.7 Å². The molecule has 0 bridgehead atoms. The van der Waals surface area contributed by atoms with Crippen molar-refractivity contribution >= 4 is 27.3 Å². The predicted octanol–water partition coefficient (Wildman–Crippen LogP) is 2.32. The average Bonchev–Trinajstić information content (AvgIpc) is 2.77. The lowest BCUT2D eigenvalue weighted by atomic mass is 10.1. The van der Waals surface area contributed by atoms with E-state index in [-0.39, 0.29) is 0 Å². The second-order valence-electron chi connectivity index (χ2n) is 3.76. The number of rotatable bonds is 3. The van der Waals surface area contributed by atoms with Crippen LogP contribution in [-0.4, -0.2) is 29.7 Å². The molecule has 14 heavy (non-hydrogen) atoms. The normalized spacial score (nSPS) is 23.1. The first-order valence-electron chi connectivity index (χ1n) is 4.84. The third kappa shape index (κ3) is 2.37. The first-order chi connectivity index (χ1) is 6.79.